The molecule has 4 nitrogen and oxygen atoms in total. The molecule has 2 heterocycles. The predicted octanol–water partition coefficient (Wildman–Crippen LogP) is 2.66. The fourth-order valence-electron chi connectivity index (χ4n) is 2.93. The molecular formula is C17H24N4. The lowest BCUT2D eigenvalue weighted by Crippen LogP contribution is -2.49. The minimum absolute atomic E-state index is 0.156. The summed E-state index contributed by atoms with van der Waals surface area (Å²) in [5.74, 6) is 0. The molecule has 1 aliphatic rings. The lowest BCUT2D eigenvalue weighted by molar-refractivity contribution is 0.347. The van der Waals surface area contributed by atoms with Gasteiger partial charge in [-0.05, 0) is 31.0 Å². The summed E-state index contributed by atoms with van der Waals surface area (Å²) in [6, 6.07) is 10.7. The second-order valence-corrected chi connectivity index (χ2v) is 6.09. The summed E-state index contributed by atoms with van der Waals surface area (Å²) in [6.45, 7) is 8.45. The van der Waals surface area contributed by atoms with Crippen molar-refractivity contribution in [2.75, 3.05) is 18.0 Å². The van der Waals surface area contributed by atoms with Crippen LogP contribution >= 0.6 is 0 Å². The third kappa shape index (κ3) is 3.10. The van der Waals surface area contributed by atoms with Crippen LogP contribution in [0.2, 0.25) is 0 Å². The van der Waals surface area contributed by atoms with Crippen LogP contribution in [-0.4, -0.2) is 28.4 Å². The zero-order valence-electron chi connectivity index (χ0n) is 12.9. The molecule has 0 bridgehead atoms. The summed E-state index contributed by atoms with van der Waals surface area (Å²) in [6.07, 6.45) is 4.99. The number of benzene rings is 1. The van der Waals surface area contributed by atoms with E-state index in [1.54, 1.807) is 0 Å². The highest BCUT2D eigenvalue weighted by atomic mass is 15.3. The normalized spacial score (nSPS) is 21.9. The average molecular weight is 284 g/mol. The number of rotatable bonds is 4. The first-order valence-corrected chi connectivity index (χ1v) is 7.75. The Balaban J connectivity index is 1.83. The lowest BCUT2D eigenvalue weighted by Gasteiger charge is -2.34. The van der Waals surface area contributed by atoms with E-state index in [1.165, 1.54) is 11.3 Å². The molecule has 4 heteroatoms. The Morgan fingerprint density at radius 2 is 2.10 bits per heavy atom. The molecule has 1 unspecified atom stereocenters. The van der Waals surface area contributed by atoms with Crippen LogP contribution in [0.15, 0.2) is 42.7 Å². The Kier molecular flexibility index (Phi) is 3.97. The Bertz CT molecular complexity index is 578. The van der Waals surface area contributed by atoms with Crippen LogP contribution in [0.3, 0.4) is 0 Å². The predicted molar refractivity (Wildman–Crippen MR) is 86.4 cm³/mol. The molecule has 0 spiro atoms. The van der Waals surface area contributed by atoms with Crippen LogP contribution in [0.5, 0.6) is 0 Å². The quantitative estimate of drug-likeness (QED) is 0.937. The number of hydrogen-bond acceptors (Lipinski definition) is 3. The third-order valence-electron chi connectivity index (χ3n) is 4.52. The molecule has 3 rings (SSSR count). The molecule has 0 saturated carbocycles. The molecular weight excluding hydrogens is 260 g/mol. The van der Waals surface area contributed by atoms with Gasteiger partial charge in [0.1, 0.15) is 0 Å². The van der Waals surface area contributed by atoms with Crippen LogP contribution in [0.1, 0.15) is 25.8 Å². The van der Waals surface area contributed by atoms with E-state index in [0.29, 0.717) is 0 Å². The Labute approximate surface area is 126 Å². The van der Waals surface area contributed by atoms with Crippen LogP contribution in [0.25, 0.3) is 0 Å². The molecule has 2 aromatic rings. The van der Waals surface area contributed by atoms with Gasteiger partial charge in [-0.1, -0.05) is 25.1 Å². The fourth-order valence-corrected chi connectivity index (χ4v) is 2.93. The van der Waals surface area contributed by atoms with Gasteiger partial charge in [0.25, 0.3) is 0 Å². The fraction of sp³-hybridized carbons (Fsp3) is 0.471. The van der Waals surface area contributed by atoms with Crippen molar-refractivity contribution in [1.29, 1.82) is 0 Å². The molecule has 1 aliphatic heterocycles. The summed E-state index contributed by atoms with van der Waals surface area (Å²) in [7, 11) is 0. The second-order valence-electron chi connectivity index (χ2n) is 6.09. The van der Waals surface area contributed by atoms with Crippen LogP contribution < -0.4 is 10.2 Å². The lowest BCUT2D eigenvalue weighted by atomic mass is 9.98. The molecule has 112 valence electrons. The molecule has 0 fully saturated rings. The van der Waals surface area contributed by atoms with Gasteiger partial charge in [-0.2, -0.15) is 5.10 Å². The molecule has 0 amide bonds. The molecule has 1 N–H and O–H groups in total. The topological polar surface area (TPSA) is 33.1 Å². The largest absolute Gasteiger partial charge is 0.368 e. The van der Waals surface area contributed by atoms with Gasteiger partial charge in [0.05, 0.1) is 6.54 Å². The van der Waals surface area contributed by atoms with Gasteiger partial charge in [0, 0.05) is 43.3 Å². The van der Waals surface area contributed by atoms with E-state index in [0.717, 1.165) is 32.6 Å². The number of anilines is 1. The van der Waals surface area contributed by atoms with Gasteiger partial charge in [0.2, 0.25) is 0 Å². The summed E-state index contributed by atoms with van der Waals surface area (Å²) in [5.41, 5.74) is 2.90. The number of para-hydroxylation sites is 1. The maximum absolute atomic E-state index is 4.31. The third-order valence-corrected chi connectivity index (χ3v) is 4.52. The minimum Gasteiger partial charge on any atom is -0.368 e. The SMILES string of the molecule is CCC1(C)CN(CCn2cccn2)c2ccccc2CN1. The zero-order valence-corrected chi connectivity index (χ0v) is 12.9. The zero-order chi connectivity index (χ0) is 14.7. The van der Waals surface area contributed by atoms with Gasteiger partial charge in [-0.15, -0.1) is 0 Å². The summed E-state index contributed by atoms with van der Waals surface area (Å²) >= 11 is 0. The summed E-state index contributed by atoms with van der Waals surface area (Å²) in [4.78, 5) is 2.50. The first-order chi connectivity index (χ1) is 10.2. The highest BCUT2D eigenvalue weighted by Gasteiger charge is 2.29. The van der Waals surface area contributed by atoms with E-state index in [-0.39, 0.29) is 5.54 Å². The number of nitrogens with one attached hydrogen (secondary N) is 1. The maximum atomic E-state index is 4.31. The Hall–Kier alpha value is -1.81. The number of nitrogens with zero attached hydrogens (tertiary/aromatic N) is 3. The Morgan fingerprint density at radius 1 is 1.24 bits per heavy atom. The van der Waals surface area contributed by atoms with Crippen molar-refractivity contribution in [1.82, 2.24) is 15.1 Å². The van der Waals surface area contributed by atoms with E-state index >= 15 is 0 Å². The van der Waals surface area contributed by atoms with E-state index in [1.807, 2.05) is 23.1 Å². The number of aromatic nitrogens is 2. The first kappa shape index (κ1) is 14.1. The van der Waals surface area contributed by atoms with E-state index < -0.39 is 0 Å². The maximum Gasteiger partial charge on any atom is 0.0584 e. The smallest absolute Gasteiger partial charge is 0.0584 e. The second kappa shape index (κ2) is 5.90. The molecule has 1 atom stereocenters. The van der Waals surface area contributed by atoms with E-state index in [2.05, 4.69) is 53.4 Å². The van der Waals surface area contributed by atoms with Gasteiger partial charge >= 0.3 is 0 Å². The molecule has 0 aliphatic carbocycles. The number of hydrogen-bond donors (Lipinski definition) is 1. The van der Waals surface area contributed by atoms with Crippen molar-refractivity contribution in [3.63, 3.8) is 0 Å². The van der Waals surface area contributed by atoms with Crippen molar-refractivity contribution >= 4 is 5.69 Å². The standard InChI is InChI=1S/C17H24N4/c1-3-17(2)14-20(11-12-21-10-6-9-19-21)16-8-5-4-7-15(16)13-18-17/h4-10,18H,3,11-14H2,1-2H3. The van der Waals surface area contributed by atoms with E-state index in [9.17, 15) is 0 Å². The number of fused-ring (bicyclic) bond motifs is 1. The van der Waals surface area contributed by atoms with Gasteiger partial charge in [0.15, 0.2) is 0 Å². The van der Waals surface area contributed by atoms with Crippen molar-refractivity contribution < 1.29 is 0 Å². The molecule has 1 aromatic heterocycles. The van der Waals surface area contributed by atoms with Crippen LogP contribution in [-0.2, 0) is 13.1 Å². The highest BCUT2D eigenvalue weighted by Crippen LogP contribution is 2.27. The van der Waals surface area contributed by atoms with Crippen LogP contribution in [0.4, 0.5) is 5.69 Å². The molecule has 0 radical (unpaired) electrons. The molecule has 1 aromatic carbocycles. The Morgan fingerprint density at radius 3 is 2.86 bits per heavy atom. The average Bonchev–Trinajstić information content (AvgIpc) is 2.98. The highest BCUT2D eigenvalue weighted by molar-refractivity contribution is 5.55. The van der Waals surface area contributed by atoms with Gasteiger partial charge in [-0.25, -0.2) is 0 Å². The van der Waals surface area contributed by atoms with Crippen molar-refractivity contribution in [2.45, 2.75) is 38.9 Å². The summed E-state index contributed by atoms with van der Waals surface area (Å²) < 4.78 is 2.00. The van der Waals surface area contributed by atoms with Gasteiger partial charge < -0.3 is 10.2 Å². The summed E-state index contributed by atoms with van der Waals surface area (Å²) in [5, 5.41) is 8.03. The van der Waals surface area contributed by atoms with E-state index in [4.69, 9.17) is 0 Å². The van der Waals surface area contributed by atoms with Crippen LogP contribution in [0, 0.1) is 0 Å². The van der Waals surface area contributed by atoms with Crippen molar-refractivity contribution in [3.05, 3.63) is 48.3 Å². The first-order valence-electron chi connectivity index (χ1n) is 7.75. The van der Waals surface area contributed by atoms with Crippen molar-refractivity contribution in [3.8, 4) is 0 Å². The monoisotopic (exact) mass is 284 g/mol. The molecule has 21 heavy (non-hydrogen) atoms. The van der Waals surface area contributed by atoms with Gasteiger partial charge in [-0.3, -0.25) is 4.68 Å². The minimum atomic E-state index is 0.156. The molecule has 0 saturated heterocycles. The van der Waals surface area contributed by atoms with Crippen molar-refractivity contribution in [2.24, 2.45) is 0 Å².